The van der Waals surface area contributed by atoms with Crippen LogP contribution in [0, 0.1) is 0 Å². The fraction of sp³-hybridized carbons (Fsp3) is 0.650. The SMILES string of the molecule is COc1cccc(CN2CCC[C@@](O)(CN3CCC(O)CC3)C2=O)c1OC. The van der Waals surface area contributed by atoms with E-state index >= 15 is 0 Å². The molecule has 2 heterocycles. The van der Waals surface area contributed by atoms with E-state index in [1.807, 2.05) is 18.2 Å². The van der Waals surface area contributed by atoms with Gasteiger partial charge in [0, 0.05) is 38.3 Å². The first-order valence-electron chi connectivity index (χ1n) is 9.59. The topological polar surface area (TPSA) is 82.5 Å². The fourth-order valence-electron chi connectivity index (χ4n) is 4.09. The van der Waals surface area contributed by atoms with Crippen LogP contribution < -0.4 is 9.47 Å². The van der Waals surface area contributed by atoms with Gasteiger partial charge in [-0.25, -0.2) is 0 Å². The summed E-state index contributed by atoms with van der Waals surface area (Å²) in [6.07, 6.45) is 2.33. The van der Waals surface area contributed by atoms with Crippen molar-refractivity contribution in [2.24, 2.45) is 0 Å². The number of ether oxygens (including phenoxy) is 2. The van der Waals surface area contributed by atoms with Crippen molar-refractivity contribution in [3.8, 4) is 11.5 Å². The van der Waals surface area contributed by atoms with Crippen molar-refractivity contribution < 1.29 is 24.5 Å². The van der Waals surface area contributed by atoms with Crippen LogP contribution in [-0.4, -0.2) is 78.0 Å². The molecule has 0 aromatic heterocycles. The number of hydrogen-bond acceptors (Lipinski definition) is 6. The minimum absolute atomic E-state index is 0.232. The number of carbonyl (C=O) groups excluding carboxylic acids is 1. The first kappa shape index (κ1) is 19.9. The lowest BCUT2D eigenvalue weighted by Crippen LogP contribution is -2.59. The van der Waals surface area contributed by atoms with Crippen molar-refractivity contribution in [3.05, 3.63) is 23.8 Å². The maximum absolute atomic E-state index is 13.1. The van der Waals surface area contributed by atoms with E-state index in [1.54, 1.807) is 19.1 Å². The first-order chi connectivity index (χ1) is 13.0. The molecule has 2 N–H and O–H groups in total. The van der Waals surface area contributed by atoms with Crippen molar-refractivity contribution in [2.75, 3.05) is 40.4 Å². The number of aliphatic hydroxyl groups excluding tert-OH is 1. The minimum atomic E-state index is -1.37. The number of nitrogens with zero attached hydrogens (tertiary/aromatic N) is 2. The predicted octanol–water partition coefficient (Wildman–Crippen LogP) is 1.01. The maximum atomic E-state index is 13.1. The highest BCUT2D eigenvalue weighted by Crippen LogP contribution is 2.33. The van der Waals surface area contributed by atoms with Gasteiger partial charge in [0.05, 0.1) is 20.3 Å². The van der Waals surface area contributed by atoms with Crippen LogP contribution in [0.4, 0.5) is 0 Å². The van der Waals surface area contributed by atoms with Crippen LogP contribution >= 0.6 is 0 Å². The Morgan fingerprint density at radius 3 is 2.59 bits per heavy atom. The summed E-state index contributed by atoms with van der Waals surface area (Å²) in [5, 5.41) is 20.7. The summed E-state index contributed by atoms with van der Waals surface area (Å²) in [5.41, 5.74) is -0.511. The normalized spacial score (nSPS) is 24.9. The molecule has 0 unspecified atom stereocenters. The Hall–Kier alpha value is -1.83. The molecule has 2 aliphatic heterocycles. The summed E-state index contributed by atoms with van der Waals surface area (Å²) >= 11 is 0. The number of methoxy groups -OCH3 is 2. The van der Waals surface area contributed by atoms with Gasteiger partial charge >= 0.3 is 0 Å². The zero-order chi connectivity index (χ0) is 19.4. The Kier molecular flexibility index (Phi) is 6.24. The number of benzene rings is 1. The van der Waals surface area contributed by atoms with E-state index in [4.69, 9.17) is 9.47 Å². The van der Waals surface area contributed by atoms with Gasteiger partial charge in [-0.2, -0.15) is 0 Å². The van der Waals surface area contributed by atoms with E-state index in [0.29, 0.717) is 63.5 Å². The predicted molar refractivity (Wildman–Crippen MR) is 101 cm³/mol. The summed E-state index contributed by atoms with van der Waals surface area (Å²) in [4.78, 5) is 16.9. The molecule has 0 aliphatic carbocycles. The highest BCUT2D eigenvalue weighted by molar-refractivity contribution is 5.86. The molecular formula is C20H30N2O5. The van der Waals surface area contributed by atoms with E-state index in [0.717, 1.165) is 12.0 Å². The highest BCUT2D eigenvalue weighted by atomic mass is 16.5. The maximum Gasteiger partial charge on any atom is 0.256 e. The molecule has 0 spiro atoms. The highest BCUT2D eigenvalue weighted by Gasteiger charge is 2.43. The van der Waals surface area contributed by atoms with Gasteiger partial charge in [-0.3, -0.25) is 9.69 Å². The fourth-order valence-corrected chi connectivity index (χ4v) is 4.09. The van der Waals surface area contributed by atoms with Gasteiger partial charge in [-0.15, -0.1) is 0 Å². The standard InChI is InChI=1S/C20H30N2O5/c1-26-17-6-3-5-15(18(17)27-2)13-22-10-4-9-20(25,19(22)24)14-21-11-7-16(23)8-12-21/h3,5-6,16,23,25H,4,7-14H2,1-2H3/t20-/m1/s1. The number of hydrogen-bond donors (Lipinski definition) is 2. The zero-order valence-corrected chi connectivity index (χ0v) is 16.2. The van der Waals surface area contributed by atoms with Crippen LogP contribution in [0.25, 0.3) is 0 Å². The van der Waals surface area contributed by atoms with Crippen molar-refractivity contribution in [1.29, 1.82) is 0 Å². The molecule has 1 amide bonds. The molecule has 1 aromatic rings. The molecule has 7 nitrogen and oxygen atoms in total. The van der Waals surface area contributed by atoms with E-state index in [-0.39, 0.29) is 12.0 Å². The third-order valence-electron chi connectivity index (χ3n) is 5.59. The molecule has 27 heavy (non-hydrogen) atoms. The van der Waals surface area contributed by atoms with Gasteiger partial charge in [0.2, 0.25) is 0 Å². The molecule has 1 aromatic carbocycles. The molecule has 2 aliphatic rings. The first-order valence-corrected chi connectivity index (χ1v) is 9.59. The molecular weight excluding hydrogens is 348 g/mol. The van der Waals surface area contributed by atoms with Crippen molar-refractivity contribution in [3.63, 3.8) is 0 Å². The van der Waals surface area contributed by atoms with Crippen molar-refractivity contribution >= 4 is 5.91 Å². The molecule has 0 saturated carbocycles. The van der Waals surface area contributed by atoms with Crippen molar-refractivity contribution in [2.45, 2.75) is 43.9 Å². The number of carbonyl (C=O) groups is 1. The van der Waals surface area contributed by atoms with Gasteiger partial charge in [-0.05, 0) is 31.7 Å². The third-order valence-corrected chi connectivity index (χ3v) is 5.59. The van der Waals surface area contributed by atoms with Crippen LogP contribution in [-0.2, 0) is 11.3 Å². The number of para-hydroxylation sites is 1. The second-order valence-corrected chi connectivity index (χ2v) is 7.52. The molecule has 2 saturated heterocycles. The van der Waals surface area contributed by atoms with E-state index in [1.165, 1.54) is 0 Å². The molecule has 3 rings (SSSR count). The molecule has 7 heteroatoms. The number of likely N-dealkylation sites (tertiary alicyclic amines) is 2. The summed E-state index contributed by atoms with van der Waals surface area (Å²) in [6.45, 7) is 2.73. The lowest BCUT2D eigenvalue weighted by Gasteiger charge is -2.42. The molecule has 2 fully saturated rings. The molecule has 0 radical (unpaired) electrons. The Balaban J connectivity index is 1.71. The number of piperidine rings is 2. The Bertz CT molecular complexity index is 660. The molecule has 150 valence electrons. The lowest BCUT2D eigenvalue weighted by atomic mass is 9.90. The summed E-state index contributed by atoms with van der Waals surface area (Å²) in [6, 6.07) is 5.60. The lowest BCUT2D eigenvalue weighted by molar-refractivity contribution is -0.160. The van der Waals surface area contributed by atoms with E-state index < -0.39 is 5.60 Å². The summed E-state index contributed by atoms with van der Waals surface area (Å²) in [7, 11) is 3.17. The monoisotopic (exact) mass is 378 g/mol. The molecule has 0 bridgehead atoms. The van der Waals surface area contributed by atoms with Gasteiger partial charge in [0.1, 0.15) is 0 Å². The number of rotatable bonds is 6. The second-order valence-electron chi connectivity index (χ2n) is 7.52. The van der Waals surface area contributed by atoms with Crippen molar-refractivity contribution in [1.82, 2.24) is 9.80 Å². The number of aliphatic hydroxyl groups is 2. The Morgan fingerprint density at radius 1 is 1.19 bits per heavy atom. The van der Waals surface area contributed by atoms with E-state index in [2.05, 4.69) is 4.90 Å². The van der Waals surface area contributed by atoms with Crippen LogP contribution in [0.2, 0.25) is 0 Å². The second kappa shape index (κ2) is 8.46. The summed E-state index contributed by atoms with van der Waals surface area (Å²) in [5.74, 6) is 1.01. The van der Waals surface area contributed by atoms with Crippen LogP contribution in [0.15, 0.2) is 18.2 Å². The Morgan fingerprint density at radius 2 is 1.93 bits per heavy atom. The Labute approximate surface area is 160 Å². The number of β-amino-alcohol motifs (C(OH)–C–C–N with tert-alkyl or cyclic N) is 1. The van der Waals surface area contributed by atoms with Crippen LogP contribution in [0.5, 0.6) is 11.5 Å². The average molecular weight is 378 g/mol. The zero-order valence-electron chi connectivity index (χ0n) is 16.2. The largest absolute Gasteiger partial charge is 0.493 e. The number of amides is 1. The average Bonchev–Trinajstić information content (AvgIpc) is 2.67. The van der Waals surface area contributed by atoms with Crippen LogP contribution in [0.3, 0.4) is 0 Å². The van der Waals surface area contributed by atoms with E-state index in [9.17, 15) is 15.0 Å². The van der Waals surface area contributed by atoms with Gasteiger partial charge in [-0.1, -0.05) is 12.1 Å². The third kappa shape index (κ3) is 4.36. The van der Waals surface area contributed by atoms with Crippen LogP contribution in [0.1, 0.15) is 31.2 Å². The minimum Gasteiger partial charge on any atom is -0.493 e. The van der Waals surface area contributed by atoms with Gasteiger partial charge in [0.25, 0.3) is 5.91 Å². The smallest absolute Gasteiger partial charge is 0.256 e. The quantitative estimate of drug-likeness (QED) is 0.769. The van der Waals surface area contributed by atoms with Gasteiger partial charge in [0.15, 0.2) is 17.1 Å². The molecule has 1 atom stereocenters. The van der Waals surface area contributed by atoms with Gasteiger partial charge < -0.3 is 24.6 Å². The summed E-state index contributed by atoms with van der Waals surface area (Å²) < 4.78 is 10.8.